The molecule has 1 heterocycles. The summed E-state index contributed by atoms with van der Waals surface area (Å²) in [5.74, 6) is 1.03. The number of Topliss-reactive ketones (excluding diaryl/α,β-unsaturated/α-hetero) is 1. The molecule has 112 valence electrons. The SMILES string of the molecule is CC1=CN(CC(=O)c2ccc(-c3ccc(Br)cc3)cc2)CS1. The summed E-state index contributed by atoms with van der Waals surface area (Å²) < 4.78 is 1.06. The van der Waals surface area contributed by atoms with Crippen molar-refractivity contribution >= 4 is 33.5 Å². The summed E-state index contributed by atoms with van der Waals surface area (Å²) in [6.07, 6.45) is 2.05. The number of carbonyl (C=O) groups excluding carboxylic acids is 1. The molecule has 0 fully saturated rings. The zero-order valence-electron chi connectivity index (χ0n) is 12.3. The molecule has 1 aliphatic rings. The summed E-state index contributed by atoms with van der Waals surface area (Å²) in [6.45, 7) is 2.52. The Morgan fingerprint density at radius 2 is 1.68 bits per heavy atom. The molecule has 0 saturated heterocycles. The quantitative estimate of drug-likeness (QED) is 0.689. The number of benzene rings is 2. The third kappa shape index (κ3) is 3.62. The molecule has 0 unspecified atom stereocenters. The first-order valence-electron chi connectivity index (χ1n) is 7.06. The van der Waals surface area contributed by atoms with Gasteiger partial charge in [-0.15, -0.1) is 11.8 Å². The van der Waals surface area contributed by atoms with Gasteiger partial charge in [-0.25, -0.2) is 0 Å². The lowest BCUT2D eigenvalue weighted by molar-refractivity contribution is 0.0963. The molecule has 4 heteroatoms. The summed E-state index contributed by atoms with van der Waals surface area (Å²) in [5, 5.41) is 0. The van der Waals surface area contributed by atoms with Gasteiger partial charge in [0.05, 0.1) is 12.4 Å². The maximum Gasteiger partial charge on any atom is 0.182 e. The first kappa shape index (κ1) is 15.4. The van der Waals surface area contributed by atoms with Crippen molar-refractivity contribution in [3.05, 3.63) is 69.7 Å². The second kappa shape index (κ2) is 6.71. The van der Waals surface area contributed by atoms with Gasteiger partial charge >= 0.3 is 0 Å². The van der Waals surface area contributed by atoms with Gasteiger partial charge in [0.2, 0.25) is 0 Å². The average molecular weight is 374 g/mol. The molecule has 0 atom stereocenters. The Labute approximate surface area is 143 Å². The fourth-order valence-corrected chi connectivity index (χ4v) is 3.40. The molecule has 0 radical (unpaired) electrons. The van der Waals surface area contributed by atoms with Crippen molar-refractivity contribution in [1.82, 2.24) is 4.90 Å². The van der Waals surface area contributed by atoms with Crippen LogP contribution in [0, 0.1) is 0 Å². The maximum absolute atomic E-state index is 12.3. The Morgan fingerprint density at radius 3 is 2.23 bits per heavy atom. The van der Waals surface area contributed by atoms with Crippen molar-refractivity contribution in [2.75, 3.05) is 12.4 Å². The zero-order chi connectivity index (χ0) is 15.5. The minimum absolute atomic E-state index is 0.161. The minimum atomic E-state index is 0.161. The van der Waals surface area contributed by atoms with Crippen molar-refractivity contribution in [2.45, 2.75) is 6.92 Å². The molecule has 22 heavy (non-hydrogen) atoms. The third-order valence-electron chi connectivity index (χ3n) is 3.55. The van der Waals surface area contributed by atoms with Crippen LogP contribution in [0.25, 0.3) is 11.1 Å². The molecule has 0 spiro atoms. The van der Waals surface area contributed by atoms with E-state index >= 15 is 0 Å². The van der Waals surface area contributed by atoms with Gasteiger partial charge < -0.3 is 4.90 Å². The van der Waals surface area contributed by atoms with Gasteiger partial charge in [-0.05, 0) is 35.1 Å². The lowest BCUT2D eigenvalue weighted by Crippen LogP contribution is -2.22. The Hall–Kier alpha value is -1.52. The van der Waals surface area contributed by atoms with Crippen molar-refractivity contribution in [2.24, 2.45) is 0 Å². The van der Waals surface area contributed by atoms with Crippen LogP contribution in [0.1, 0.15) is 17.3 Å². The Morgan fingerprint density at radius 1 is 1.09 bits per heavy atom. The van der Waals surface area contributed by atoms with Gasteiger partial charge in [0.25, 0.3) is 0 Å². The number of halogens is 1. The molecule has 0 saturated carbocycles. The molecule has 3 rings (SSSR count). The van der Waals surface area contributed by atoms with Crippen molar-refractivity contribution in [3.8, 4) is 11.1 Å². The van der Waals surface area contributed by atoms with Gasteiger partial charge in [0.1, 0.15) is 0 Å². The molecular weight excluding hydrogens is 358 g/mol. The first-order chi connectivity index (χ1) is 10.6. The fourth-order valence-electron chi connectivity index (χ4n) is 2.37. The van der Waals surface area contributed by atoms with E-state index in [1.807, 2.05) is 36.4 Å². The number of hydrogen-bond donors (Lipinski definition) is 0. The summed E-state index contributed by atoms with van der Waals surface area (Å²) in [4.78, 5) is 15.6. The lowest BCUT2D eigenvalue weighted by atomic mass is 10.0. The standard InChI is InChI=1S/C18H16BrNOS/c1-13-10-20(12-22-13)11-18(21)16-4-2-14(3-5-16)15-6-8-17(19)9-7-15/h2-10H,11-12H2,1H3. The van der Waals surface area contributed by atoms with Crippen LogP contribution in [-0.4, -0.2) is 23.1 Å². The highest BCUT2D eigenvalue weighted by atomic mass is 79.9. The number of rotatable bonds is 4. The Bertz CT molecular complexity index is 707. The van der Waals surface area contributed by atoms with E-state index in [2.05, 4.69) is 46.1 Å². The third-order valence-corrected chi connectivity index (χ3v) is 5.10. The van der Waals surface area contributed by atoms with Gasteiger partial charge in [-0.2, -0.15) is 0 Å². The highest BCUT2D eigenvalue weighted by molar-refractivity contribution is 9.10. The van der Waals surface area contributed by atoms with Crippen molar-refractivity contribution in [1.29, 1.82) is 0 Å². The molecule has 2 aromatic carbocycles. The van der Waals surface area contributed by atoms with E-state index in [0.717, 1.165) is 27.0 Å². The molecule has 0 bridgehead atoms. The molecule has 1 aliphatic heterocycles. The summed E-state index contributed by atoms with van der Waals surface area (Å²) in [7, 11) is 0. The van der Waals surface area contributed by atoms with Gasteiger partial charge in [0, 0.05) is 16.2 Å². The molecular formula is C18H16BrNOS. The maximum atomic E-state index is 12.3. The van der Waals surface area contributed by atoms with E-state index in [4.69, 9.17) is 0 Å². The normalized spacial score (nSPS) is 14.1. The van der Waals surface area contributed by atoms with Crippen molar-refractivity contribution in [3.63, 3.8) is 0 Å². The first-order valence-corrected chi connectivity index (χ1v) is 8.84. The van der Waals surface area contributed by atoms with E-state index < -0.39 is 0 Å². The van der Waals surface area contributed by atoms with Crippen LogP contribution in [-0.2, 0) is 0 Å². The summed E-state index contributed by atoms with van der Waals surface area (Å²) >= 11 is 5.21. The van der Waals surface area contributed by atoms with Gasteiger partial charge in [-0.1, -0.05) is 52.3 Å². The van der Waals surface area contributed by atoms with Crippen LogP contribution in [0.2, 0.25) is 0 Å². The lowest BCUT2D eigenvalue weighted by Gasteiger charge is -2.13. The number of ketones is 1. The summed E-state index contributed by atoms with van der Waals surface area (Å²) in [5.41, 5.74) is 3.04. The second-order valence-corrected chi connectivity index (χ2v) is 7.37. The number of carbonyl (C=O) groups is 1. The Balaban J connectivity index is 1.71. The number of allylic oxidation sites excluding steroid dienone is 1. The van der Waals surface area contributed by atoms with Crippen LogP contribution >= 0.6 is 27.7 Å². The topological polar surface area (TPSA) is 20.3 Å². The monoisotopic (exact) mass is 373 g/mol. The average Bonchev–Trinajstić information content (AvgIpc) is 2.93. The number of nitrogens with zero attached hydrogens (tertiary/aromatic N) is 1. The predicted octanol–water partition coefficient (Wildman–Crippen LogP) is 5.17. The molecule has 2 nitrogen and oxygen atoms in total. The van der Waals surface area contributed by atoms with E-state index in [9.17, 15) is 4.79 Å². The molecule has 0 aromatic heterocycles. The summed E-state index contributed by atoms with van der Waals surface area (Å²) in [6, 6.07) is 16.0. The number of thioether (sulfide) groups is 1. The van der Waals surface area contributed by atoms with E-state index in [0.29, 0.717) is 6.54 Å². The zero-order valence-corrected chi connectivity index (χ0v) is 14.7. The predicted molar refractivity (Wildman–Crippen MR) is 96.8 cm³/mol. The van der Waals surface area contributed by atoms with Crippen LogP contribution in [0.4, 0.5) is 0 Å². The molecule has 0 N–H and O–H groups in total. The Kier molecular flexibility index (Phi) is 4.69. The largest absolute Gasteiger partial charge is 0.360 e. The minimum Gasteiger partial charge on any atom is -0.360 e. The van der Waals surface area contributed by atoms with Crippen LogP contribution in [0.15, 0.2) is 64.1 Å². The van der Waals surface area contributed by atoms with E-state index in [1.165, 1.54) is 4.91 Å². The van der Waals surface area contributed by atoms with Crippen LogP contribution in [0.5, 0.6) is 0 Å². The fraction of sp³-hybridized carbons (Fsp3) is 0.167. The highest BCUT2D eigenvalue weighted by Gasteiger charge is 2.14. The highest BCUT2D eigenvalue weighted by Crippen LogP contribution is 2.25. The van der Waals surface area contributed by atoms with Gasteiger partial charge in [0.15, 0.2) is 5.78 Å². The number of hydrogen-bond acceptors (Lipinski definition) is 3. The van der Waals surface area contributed by atoms with Gasteiger partial charge in [-0.3, -0.25) is 4.79 Å². The van der Waals surface area contributed by atoms with Crippen LogP contribution < -0.4 is 0 Å². The molecule has 0 amide bonds. The smallest absolute Gasteiger partial charge is 0.182 e. The second-order valence-electron chi connectivity index (χ2n) is 5.27. The van der Waals surface area contributed by atoms with Crippen LogP contribution in [0.3, 0.4) is 0 Å². The molecule has 2 aromatic rings. The van der Waals surface area contributed by atoms with E-state index in [-0.39, 0.29) is 5.78 Å². The van der Waals surface area contributed by atoms with Crippen molar-refractivity contribution < 1.29 is 4.79 Å². The molecule has 0 aliphatic carbocycles. The van der Waals surface area contributed by atoms with E-state index in [1.54, 1.807) is 11.8 Å².